The molecule has 0 saturated carbocycles. The summed E-state index contributed by atoms with van der Waals surface area (Å²) in [5, 5.41) is 1.08. The zero-order valence-corrected chi connectivity index (χ0v) is 13.9. The number of para-hydroxylation sites is 1. The molecule has 1 saturated heterocycles. The van der Waals surface area contributed by atoms with Crippen LogP contribution in [0.4, 0.5) is 5.82 Å². The molecular formula is C19H20N4O. The molecule has 3 aromatic rings. The van der Waals surface area contributed by atoms with Crippen LogP contribution >= 0.6 is 0 Å². The van der Waals surface area contributed by atoms with Crippen LogP contribution in [-0.2, 0) is 4.74 Å². The van der Waals surface area contributed by atoms with Gasteiger partial charge in [-0.05, 0) is 38.1 Å². The van der Waals surface area contributed by atoms with Crippen LogP contribution in [-0.4, -0.2) is 40.2 Å². The lowest BCUT2D eigenvalue weighted by molar-refractivity contribution is -0.00536. The maximum absolute atomic E-state index is 5.87. The standard InChI is InChI=1S/C19H20N4O/c1-13-11-23(12-14(2)24-13)19-16-7-3-4-8-17(16)21-18(22-19)15-6-5-9-20-10-15/h3-10,13-14H,11-12H2,1-2H3/t13-,14-/m1/s1. The van der Waals surface area contributed by atoms with Crippen molar-refractivity contribution < 1.29 is 4.74 Å². The fraction of sp³-hybridized carbons (Fsp3) is 0.316. The quantitative estimate of drug-likeness (QED) is 0.725. The van der Waals surface area contributed by atoms with Crippen LogP contribution in [0.1, 0.15) is 13.8 Å². The lowest BCUT2D eigenvalue weighted by Crippen LogP contribution is -2.46. The molecule has 0 radical (unpaired) electrons. The van der Waals surface area contributed by atoms with Crippen LogP contribution in [0.15, 0.2) is 48.8 Å². The summed E-state index contributed by atoms with van der Waals surface area (Å²) < 4.78 is 5.87. The Morgan fingerprint density at radius 2 is 1.79 bits per heavy atom. The summed E-state index contributed by atoms with van der Waals surface area (Å²) >= 11 is 0. The van der Waals surface area contributed by atoms with Crippen LogP contribution in [0.2, 0.25) is 0 Å². The topological polar surface area (TPSA) is 51.1 Å². The summed E-state index contributed by atoms with van der Waals surface area (Å²) in [5.41, 5.74) is 1.88. The van der Waals surface area contributed by atoms with E-state index in [0.717, 1.165) is 35.4 Å². The lowest BCUT2D eigenvalue weighted by Gasteiger charge is -2.36. The van der Waals surface area contributed by atoms with Gasteiger partial charge in [0.1, 0.15) is 5.82 Å². The molecule has 0 aliphatic carbocycles. The molecule has 5 nitrogen and oxygen atoms in total. The van der Waals surface area contributed by atoms with E-state index in [1.807, 2.05) is 30.3 Å². The van der Waals surface area contributed by atoms with Crippen molar-refractivity contribution in [2.75, 3.05) is 18.0 Å². The van der Waals surface area contributed by atoms with Gasteiger partial charge in [-0.3, -0.25) is 4.98 Å². The molecule has 3 heterocycles. The SMILES string of the molecule is C[C@@H]1CN(c2nc(-c3cccnc3)nc3ccccc23)C[C@@H](C)O1. The molecular weight excluding hydrogens is 300 g/mol. The van der Waals surface area contributed by atoms with Crippen molar-refractivity contribution in [3.63, 3.8) is 0 Å². The van der Waals surface area contributed by atoms with E-state index in [4.69, 9.17) is 14.7 Å². The number of benzene rings is 1. The molecule has 0 spiro atoms. The van der Waals surface area contributed by atoms with E-state index in [1.165, 1.54) is 0 Å². The lowest BCUT2D eigenvalue weighted by atomic mass is 10.1. The third-order valence-electron chi connectivity index (χ3n) is 4.22. The van der Waals surface area contributed by atoms with E-state index in [-0.39, 0.29) is 12.2 Å². The highest BCUT2D eigenvalue weighted by atomic mass is 16.5. The van der Waals surface area contributed by atoms with Crippen molar-refractivity contribution >= 4 is 16.7 Å². The van der Waals surface area contributed by atoms with Crippen LogP contribution in [0.25, 0.3) is 22.3 Å². The molecule has 2 atom stereocenters. The second-order valence-electron chi connectivity index (χ2n) is 6.29. The minimum atomic E-state index is 0.185. The predicted octanol–water partition coefficient (Wildman–Crippen LogP) is 3.31. The largest absolute Gasteiger partial charge is 0.372 e. The summed E-state index contributed by atoms with van der Waals surface area (Å²) in [7, 11) is 0. The Balaban J connectivity index is 1.87. The number of nitrogens with zero attached hydrogens (tertiary/aromatic N) is 4. The summed E-state index contributed by atoms with van der Waals surface area (Å²) in [6, 6.07) is 12.1. The summed E-state index contributed by atoms with van der Waals surface area (Å²) in [6.07, 6.45) is 3.93. The van der Waals surface area contributed by atoms with Crippen molar-refractivity contribution in [2.45, 2.75) is 26.1 Å². The molecule has 1 aromatic carbocycles. The van der Waals surface area contributed by atoms with Crippen molar-refractivity contribution in [1.82, 2.24) is 15.0 Å². The van der Waals surface area contributed by atoms with Gasteiger partial charge in [-0.15, -0.1) is 0 Å². The Hall–Kier alpha value is -2.53. The van der Waals surface area contributed by atoms with Crippen LogP contribution < -0.4 is 4.90 Å². The number of pyridine rings is 1. The van der Waals surface area contributed by atoms with Crippen LogP contribution in [0.5, 0.6) is 0 Å². The van der Waals surface area contributed by atoms with Gasteiger partial charge in [0.25, 0.3) is 0 Å². The fourth-order valence-electron chi connectivity index (χ4n) is 3.28. The molecule has 0 unspecified atom stereocenters. The van der Waals surface area contributed by atoms with Gasteiger partial charge in [-0.25, -0.2) is 9.97 Å². The number of hydrogen-bond acceptors (Lipinski definition) is 5. The van der Waals surface area contributed by atoms with Crippen molar-refractivity contribution in [3.8, 4) is 11.4 Å². The number of rotatable bonds is 2. The number of fused-ring (bicyclic) bond motifs is 1. The maximum Gasteiger partial charge on any atom is 0.163 e. The average molecular weight is 320 g/mol. The third kappa shape index (κ3) is 2.83. The van der Waals surface area contributed by atoms with Crippen LogP contribution in [0.3, 0.4) is 0 Å². The molecule has 2 aromatic heterocycles. The van der Waals surface area contributed by atoms with Gasteiger partial charge >= 0.3 is 0 Å². The molecule has 0 N–H and O–H groups in total. The number of morpholine rings is 1. The van der Waals surface area contributed by atoms with E-state index in [0.29, 0.717) is 5.82 Å². The van der Waals surface area contributed by atoms with Gasteiger partial charge in [0.15, 0.2) is 5.82 Å². The number of anilines is 1. The Bertz CT molecular complexity index is 842. The summed E-state index contributed by atoms with van der Waals surface area (Å²) in [5.74, 6) is 1.69. The number of aromatic nitrogens is 3. The Morgan fingerprint density at radius 1 is 1.00 bits per heavy atom. The highest BCUT2D eigenvalue weighted by Crippen LogP contribution is 2.29. The van der Waals surface area contributed by atoms with E-state index in [9.17, 15) is 0 Å². The molecule has 5 heteroatoms. The molecule has 1 aliphatic heterocycles. The molecule has 122 valence electrons. The number of ether oxygens (including phenoxy) is 1. The second-order valence-corrected chi connectivity index (χ2v) is 6.29. The third-order valence-corrected chi connectivity index (χ3v) is 4.22. The minimum absolute atomic E-state index is 0.185. The van der Waals surface area contributed by atoms with E-state index in [2.05, 4.69) is 29.8 Å². The zero-order valence-electron chi connectivity index (χ0n) is 13.9. The van der Waals surface area contributed by atoms with E-state index >= 15 is 0 Å². The Labute approximate surface area is 141 Å². The minimum Gasteiger partial charge on any atom is -0.372 e. The smallest absolute Gasteiger partial charge is 0.163 e. The molecule has 1 fully saturated rings. The molecule has 0 bridgehead atoms. The molecule has 4 rings (SSSR count). The first-order valence-electron chi connectivity index (χ1n) is 8.28. The zero-order chi connectivity index (χ0) is 16.5. The highest BCUT2D eigenvalue weighted by Gasteiger charge is 2.25. The van der Waals surface area contributed by atoms with E-state index in [1.54, 1.807) is 12.4 Å². The predicted molar refractivity (Wildman–Crippen MR) is 95.0 cm³/mol. The van der Waals surface area contributed by atoms with Crippen LogP contribution in [0, 0.1) is 0 Å². The first-order valence-corrected chi connectivity index (χ1v) is 8.28. The molecule has 0 amide bonds. The second kappa shape index (κ2) is 6.17. The monoisotopic (exact) mass is 320 g/mol. The Kier molecular flexibility index (Phi) is 3.86. The fourth-order valence-corrected chi connectivity index (χ4v) is 3.28. The van der Waals surface area contributed by atoms with Gasteiger partial charge < -0.3 is 9.64 Å². The van der Waals surface area contributed by atoms with Gasteiger partial charge in [-0.2, -0.15) is 0 Å². The highest BCUT2D eigenvalue weighted by molar-refractivity contribution is 5.91. The van der Waals surface area contributed by atoms with Gasteiger partial charge in [0.05, 0.1) is 17.7 Å². The first-order chi connectivity index (χ1) is 11.7. The maximum atomic E-state index is 5.87. The first kappa shape index (κ1) is 15.0. The van der Waals surface area contributed by atoms with Gasteiger partial charge in [0.2, 0.25) is 0 Å². The molecule has 24 heavy (non-hydrogen) atoms. The van der Waals surface area contributed by atoms with Crippen molar-refractivity contribution in [1.29, 1.82) is 0 Å². The average Bonchev–Trinajstić information content (AvgIpc) is 2.60. The van der Waals surface area contributed by atoms with Gasteiger partial charge in [0, 0.05) is 36.4 Å². The van der Waals surface area contributed by atoms with Crippen molar-refractivity contribution in [2.24, 2.45) is 0 Å². The van der Waals surface area contributed by atoms with Gasteiger partial charge in [-0.1, -0.05) is 12.1 Å². The normalized spacial score (nSPS) is 21.2. The summed E-state index contributed by atoms with van der Waals surface area (Å²) in [6.45, 7) is 5.87. The van der Waals surface area contributed by atoms with E-state index < -0.39 is 0 Å². The Morgan fingerprint density at radius 3 is 2.54 bits per heavy atom. The van der Waals surface area contributed by atoms with Crippen molar-refractivity contribution in [3.05, 3.63) is 48.8 Å². The number of hydrogen-bond donors (Lipinski definition) is 0. The molecule has 1 aliphatic rings. The summed E-state index contributed by atoms with van der Waals surface area (Å²) in [4.78, 5) is 16.1.